The summed E-state index contributed by atoms with van der Waals surface area (Å²) in [6.07, 6.45) is 5.50. The molecule has 106 valence electrons. The van der Waals surface area contributed by atoms with Crippen LogP contribution in [-0.4, -0.2) is 32.7 Å². The van der Waals surface area contributed by atoms with Crippen molar-refractivity contribution in [3.8, 4) is 6.01 Å². The molecule has 0 spiro atoms. The third kappa shape index (κ3) is 1.90. The molecule has 0 amide bonds. The molecule has 0 bridgehead atoms. The van der Waals surface area contributed by atoms with Crippen LogP contribution >= 0.6 is 0 Å². The van der Waals surface area contributed by atoms with Crippen LogP contribution in [0.5, 0.6) is 6.01 Å². The van der Waals surface area contributed by atoms with E-state index in [9.17, 15) is 0 Å². The molecule has 2 aliphatic rings. The van der Waals surface area contributed by atoms with E-state index < -0.39 is 0 Å². The lowest BCUT2D eigenvalue weighted by Crippen LogP contribution is -2.18. The van der Waals surface area contributed by atoms with E-state index in [-0.39, 0.29) is 0 Å². The molecule has 2 aromatic rings. The lowest BCUT2D eigenvalue weighted by Gasteiger charge is -2.25. The van der Waals surface area contributed by atoms with Crippen molar-refractivity contribution in [3.05, 3.63) is 11.8 Å². The van der Waals surface area contributed by atoms with Crippen LogP contribution in [0.15, 0.2) is 6.07 Å². The van der Waals surface area contributed by atoms with Crippen molar-refractivity contribution in [1.29, 1.82) is 0 Å². The van der Waals surface area contributed by atoms with Gasteiger partial charge in [0.1, 0.15) is 5.82 Å². The van der Waals surface area contributed by atoms with Gasteiger partial charge < -0.3 is 10.1 Å². The lowest BCUT2D eigenvalue weighted by atomic mass is 9.81. The molecule has 6 heteroatoms. The minimum absolute atomic E-state index is 0.359. The normalized spacial score (nSPS) is 25.5. The number of ether oxygens (including phenoxy) is 1. The third-order valence-electron chi connectivity index (χ3n) is 4.53. The summed E-state index contributed by atoms with van der Waals surface area (Å²) in [6, 6.07) is 2.97. The van der Waals surface area contributed by atoms with Crippen LogP contribution < -0.4 is 10.1 Å². The Bertz CT molecular complexity index is 648. The van der Waals surface area contributed by atoms with E-state index in [1.54, 1.807) is 11.6 Å². The fourth-order valence-electron chi connectivity index (χ4n) is 3.12. The van der Waals surface area contributed by atoms with Gasteiger partial charge in [-0.2, -0.15) is 9.50 Å². The van der Waals surface area contributed by atoms with Gasteiger partial charge in [-0.05, 0) is 25.2 Å². The predicted octanol–water partition coefficient (Wildman–Crippen LogP) is 2.04. The number of nitrogens with zero attached hydrogens (tertiary/aromatic N) is 4. The number of anilines is 1. The van der Waals surface area contributed by atoms with Crippen molar-refractivity contribution in [2.45, 2.75) is 38.6 Å². The Morgan fingerprint density at radius 3 is 2.90 bits per heavy atom. The largest absolute Gasteiger partial charge is 0.466 e. The molecule has 0 aliphatic heterocycles. The Labute approximate surface area is 117 Å². The van der Waals surface area contributed by atoms with Crippen molar-refractivity contribution < 1.29 is 4.74 Å². The number of nitrogens with one attached hydrogen (secondary N) is 1. The number of hydrogen-bond acceptors (Lipinski definition) is 5. The maximum absolute atomic E-state index is 5.09. The van der Waals surface area contributed by atoms with Gasteiger partial charge in [0.25, 0.3) is 5.78 Å². The molecule has 2 saturated carbocycles. The smallest absolute Gasteiger partial charge is 0.337 e. The zero-order chi connectivity index (χ0) is 13.7. The highest BCUT2D eigenvalue weighted by atomic mass is 16.5. The molecule has 0 aromatic carbocycles. The van der Waals surface area contributed by atoms with Crippen molar-refractivity contribution in [2.24, 2.45) is 11.8 Å². The minimum atomic E-state index is 0.359. The Balaban J connectivity index is 1.60. The molecule has 2 aromatic heterocycles. The zero-order valence-corrected chi connectivity index (χ0v) is 11.8. The van der Waals surface area contributed by atoms with Crippen LogP contribution in [-0.2, 0) is 0 Å². The van der Waals surface area contributed by atoms with Gasteiger partial charge in [-0.3, -0.25) is 0 Å². The summed E-state index contributed by atoms with van der Waals surface area (Å²) >= 11 is 0. The average molecular weight is 273 g/mol. The molecule has 2 aliphatic carbocycles. The van der Waals surface area contributed by atoms with E-state index in [0.29, 0.717) is 17.8 Å². The molecule has 6 nitrogen and oxygen atoms in total. The summed E-state index contributed by atoms with van der Waals surface area (Å²) < 4.78 is 6.83. The number of methoxy groups -OCH3 is 1. The lowest BCUT2D eigenvalue weighted by molar-refractivity contribution is 0.275. The first-order valence-electron chi connectivity index (χ1n) is 7.29. The van der Waals surface area contributed by atoms with Crippen LogP contribution in [0, 0.1) is 18.8 Å². The second-order valence-corrected chi connectivity index (χ2v) is 5.93. The summed E-state index contributed by atoms with van der Waals surface area (Å²) in [4.78, 5) is 8.62. The molecule has 0 unspecified atom stereocenters. The second kappa shape index (κ2) is 4.33. The van der Waals surface area contributed by atoms with Gasteiger partial charge in [-0.25, -0.2) is 4.98 Å². The summed E-state index contributed by atoms with van der Waals surface area (Å²) in [5.41, 5.74) is 0.941. The van der Waals surface area contributed by atoms with Crippen molar-refractivity contribution >= 4 is 11.6 Å². The van der Waals surface area contributed by atoms with Gasteiger partial charge in [0, 0.05) is 17.8 Å². The van der Waals surface area contributed by atoms with E-state index in [0.717, 1.165) is 23.3 Å². The molecule has 1 N–H and O–H groups in total. The Kier molecular flexibility index (Phi) is 2.58. The quantitative estimate of drug-likeness (QED) is 0.923. The van der Waals surface area contributed by atoms with Gasteiger partial charge in [0.15, 0.2) is 0 Å². The maximum atomic E-state index is 5.09. The monoisotopic (exact) mass is 273 g/mol. The second-order valence-electron chi connectivity index (χ2n) is 5.93. The number of aryl methyl sites for hydroxylation is 1. The molecule has 0 radical (unpaired) electrons. The van der Waals surface area contributed by atoms with Gasteiger partial charge in [0.05, 0.1) is 7.11 Å². The molecule has 0 saturated heterocycles. The van der Waals surface area contributed by atoms with Gasteiger partial charge in [-0.15, -0.1) is 5.10 Å². The molecule has 2 heterocycles. The van der Waals surface area contributed by atoms with Crippen LogP contribution in [0.3, 0.4) is 0 Å². The molecule has 2 fully saturated rings. The van der Waals surface area contributed by atoms with Crippen LogP contribution in [0.1, 0.15) is 31.4 Å². The van der Waals surface area contributed by atoms with Crippen molar-refractivity contribution in [2.75, 3.05) is 12.4 Å². The number of hydrogen-bond donors (Lipinski definition) is 1. The number of fused-ring (bicyclic) bond motifs is 1. The fourth-order valence-corrected chi connectivity index (χ4v) is 3.12. The Hall–Kier alpha value is -1.85. The first-order chi connectivity index (χ1) is 9.74. The van der Waals surface area contributed by atoms with E-state index in [4.69, 9.17) is 4.74 Å². The summed E-state index contributed by atoms with van der Waals surface area (Å²) in [5.74, 6) is 3.34. The summed E-state index contributed by atoms with van der Waals surface area (Å²) in [7, 11) is 1.57. The van der Waals surface area contributed by atoms with Crippen LogP contribution in [0.4, 0.5) is 5.82 Å². The Morgan fingerprint density at radius 1 is 1.35 bits per heavy atom. The van der Waals surface area contributed by atoms with E-state index >= 15 is 0 Å². The minimum Gasteiger partial charge on any atom is -0.466 e. The number of aromatic nitrogens is 4. The predicted molar refractivity (Wildman–Crippen MR) is 74.9 cm³/mol. The molecule has 20 heavy (non-hydrogen) atoms. The highest BCUT2D eigenvalue weighted by molar-refractivity contribution is 5.47. The first-order valence-corrected chi connectivity index (χ1v) is 7.29. The van der Waals surface area contributed by atoms with Crippen molar-refractivity contribution in [1.82, 2.24) is 19.6 Å². The molecular formula is C14H19N5O. The van der Waals surface area contributed by atoms with E-state index in [1.807, 2.05) is 13.0 Å². The summed E-state index contributed by atoms with van der Waals surface area (Å²) in [6.45, 7) is 1.97. The molecular weight excluding hydrogens is 254 g/mol. The van der Waals surface area contributed by atoms with Gasteiger partial charge in [-0.1, -0.05) is 19.3 Å². The zero-order valence-electron chi connectivity index (χ0n) is 11.8. The highest BCUT2D eigenvalue weighted by Crippen LogP contribution is 2.48. The van der Waals surface area contributed by atoms with E-state index in [2.05, 4.69) is 20.4 Å². The third-order valence-corrected chi connectivity index (χ3v) is 4.53. The summed E-state index contributed by atoms with van der Waals surface area (Å²) in [5, 5.41) is 7.92. The highest BCUT2D eigenvalue weighted by Gasteiger charge is 2.45. The van der Waals surface area contributed by atoms with Gasteiger partial charge in [0.2, 0.25) is 0 Å². The molecule has 2 atom stereocenters. The standard InChI is InChI=1S/C14H19N5O/c1-8-6-12(16-11-7-10(11)9-4-3-5-9)19-13(15-8)17-14(18-19)20-2/h6,9-11,16H,3-5,7H2,1-2H3/t10-,11+/m0/s1. The topological polar surface area (TPSA) is 64.3 Å². The Morgan fingerprint density at radius 2 is 2.20 bits per heavy atom. The fraction of sp³-hybridized carbons (Fsp3) is 0.643. The average Bonchev–Trinajstić information content (AvgIpc) is 2.95. The van der Waals surface area contributed by atoms with Crippen molar-refractivity contribution in [3.63, 3.8) is 0 Å². The van der Waals surface area contributed by atoms with Crippen LogP contribution in [0.25, 0.3) is 5.78 Å². The SMILES string of the molecule is COc1nc2nc(C)cc(N[C@@H]3C[C@H]3C3CCC3)n2n1. The van der Waals surface area contributed by atoms with E-state index in [1.165, 1.54) is 25.7 Å². The molecule has 4 rings (SSSR count). The first kappa shape index (κ1) is 11.9. The van der Waals surface area contributed by atoms with Gasteiger partial charge >= 0.3 is 6.01 Å². The number of rotatable bonds is 4. The van der Waals surface area contributed by atoms with Crippen LogP contribution in [0.2, 0.25) is 0 Å². The maximum Gasteiger partial charge on any atom is 0.337 e.